The van der Waals surface area contributed by atoms with Crippen molar-refractivity contribution in [3.05, 3.63) is 53.9 Å². The Morgan fingerprint density at radius 1 is 1.40 bits per heavy atom. The highest BCUT2D eigenvalue weighted by Gasteiger charge is 2.16. The van der Waals surface area contributed by atoms with Crippen LogP contribution in [0, 0.1) is 0 Å². The minimum Gasteiger partial charge on any atom is -0.481 e. The Balaban J connectivity index is 2.10. The summed E-state index contributed by atoms with van der Waals surface area (Å²) in [5.41, 5.74) is 1.77. The molecule has 0 saturated carbocycles. The molecule has 2 rings (SSSR count). The van der Waals surface area contributed by atoms with E-state index in [9.17, 15) is 9.59 Å². The Labute approximate surface area is 116 Å². The number of carbonyl (C=O) groups excluding carboxylic acids is 1. The Hall–Kier alpha value is -2.63. The molecule has 1 atom stereocenters. The fourth-order valence-electron chi connectivity index (χ4n) is 1.95. The Morgan fingerprint density at radius 3 is 2.80 bits per heavy atom. The molecule has 1 heterocycles. The van der Waals surface area contributed by atoms with Crippen LogP contribution in [0.5, 0.6) is 0 Å². The van der Waals surface area contributed by atoms with Crippen molar-refractivity contribution in [1.29, 1.82) is 0 Å². The molecule has 1 aromatic heterocycles. The van der Waals surface area contributed by atoms with Crippen molar-refractivity contribution < 1.29 is 14.7 Å². The van der Waals surface area contributed by atoms with Gasteiger partial charge in [-0.1, -0.05) is 30.3 Å². The maximum Gasteiger partial charge on any atom is 0.305 e. The summed E-state index contributed by atoms with van der Waals surface area (Å²) < 4.78 is 1.71. The van der Waals surface area contributed by atoms with Crippen LogP contribution >= 0.6 is 0 Å². The number of amides is 1. The molecule has 2 N–H and O–H groups in total. The van der Waals surface area contributed by atoms with Crippen molar-refractivity contribution in [2.75, 3.05) is 0 Å². The van der Waals surface area contributed by atoms with E-state index in [2.05, 4.69) is 10.4 Å². The maximum absolute atomic E-state index is 10.8. The first-order chi connectivity index (χ1) is 9.69. The zero-order valence-electron chi connectivity index (χ0n) is 10.8. The van der Waals surface area contributed by atoms with Gasteiger partial charge in [0.25, 0.3) is 0 Å². The van der Waals surface area contributed by atoms with Gasteiger partial charge in [-0.2, -0.15) is 5.10 Å². The number of carboxylic acid groups (broad SMARTS) is 1. The van der Waals surface area contributed by atoms with Crippen molar-refractivity contribution in [3.8, 4) is 0 Å². The second kappa shape index (κ2) is 6.51. The van der Waals surface area contributed by atoms with E-state index in [1.54, 1.807) is 17.1 Å². The summed E-state index contributed by atoms with van der Waals surface area (Å²) in [6.07, 6.45) is 3.65. The SMILES string of the molecule is O=CNC(CC(=O)O)c1cnn(Cc2ccccc2)c1. The number of nitrogens with zero attached hydrogens (tertiary/aromatic N) is 2. The summed E-state index contributed by atoms with van der Waals surface area (Å²) in [6.45, 7) is 0.599. The number of benzene rings is 1. The summed E-state index contributed by atoms with van der Waals surface area (Å²) in [4.78, 5) is 21.3. The van der Waals surface area contributed by atoms with E-state index < -0.39 is 12.0 Å². The van der Waals surface area contributed by atoms with Crippen LogP contribution in [0.25, 0.3) is 0 Å². The van der Waals surface area contributed by atoms with E-state index in [0.29, 0.717) is 18.5 Å². The molecular weight excluding hydrogens is 258 g/mol. The monoisotopic (exact) mass is 273 g/mol. The lowest BCUT2D eigenvalue weighted by Gasteiger charge is -2.11. The minimum absolute atomic E-state index is 0.171. The van der Waals surface area contributed by atoms with Crippen molar-refractivity contribution in [3.63, 3.8) is 0 Å². The molecule has 0 spiro atoms. The van der Waals surface area contributed by atoms with Gasteiger partial charge in [0.2, 0.25) is 6.41 Å². The molecule has 0 aliphatic carbocycles. The smallest absolute Gasteiger partial charge is 0.305 e. The molecule has 6 heteroatoms. The van der Waals surface area contributed by atoms with Gasteiger partial charge >= 0.3 is 5.97 Å². The fourth-order valence-corrected chi connectivity index (χ4v) is 1.95. The zero-order valence-corrected chi connectivity index (χ0v) is 10.8. The van der Waals surface area contributed by atoms with Crippen LogP contribution in [-0.4, -0.2) is 27.3 Å². The Bertz CT molecular complexity index is 580. The molecule has 1 amide bonds. The molecule has 0 saturated heterocycles. The quantitative estimate of drug-likeness (QED) is 0.742. The lowest BCUT2D eigenvalue weighted by atomic mass is 10.1. The molecule has 0 fully saturated rings. The summed E-state index contributed by atoms with van der Waals surface area (Å²) >= 11 is 0. The van der Waals surface area contributed by atoms with Crippen LogP contribution in [0.4, 0.5) is 0 Å². The summed E-state index contributed by atoms with van der Waals surface area (Å²) in [5, 5.41) is 15.5. The molecule has 6 nitrogen and oxygen atoms in total. The van der Waals surface area contributed by atoms with E-state index in [1.165, 1.54) is 0 Å². The predicted octanol–water partition coefficient (Wildman–Crippen LogP) is 1.19. The first-order valence-corrected chi connectivity index (χ1v) is 6.17. The molecule has 0 radical (unpaired) electrons. The van der Waals surface area contributed by atoms with Crippen molar-refractivity contribution in [2.45, 2.75) is 19.0 Å². The maximum atomic E-state index is 10.8. The van der Waals surface area contributed by atoms with Gasteiger partial charge in [0.15, 0.2) is 0 Å². The van der Waals surface area contributed by atoms with Crippen LogP contribution in [0.1, 0.15) is 23.6 Å². The van der Waals surface area contributed by atoms with Crippen LogP contribution in [-0.2, 0) is 16.1 Å². The number of carbonyl (C=O) groups is 2. The summed E-state index contributed by atoms with van der Waals surface area (Å²) in [6, 6.07) is 9.24. The van der Waals surface area contributed by atoms with Crippen LogP contribution < -0.4 is 5.32 Å². The van der Waals surface area contributed by atoms with Crippen molar-refractivity contribution in [1.82, 2.24) is 15.1 Å². The second-order valence-corrected chi connectivity index (χ2v) is 4.39. The highest BCUT2D eigenvalue weighted by atomic mass is 16.4. The molecule has 0 bridgehead atoms. The average molecular weight is 273 g/mol. The van der Waals surface area contributed by atoms with E-state index in [1.807, 2.05) is 30.3 Å². The molecule has 20 heavy (non-hydrogen) atoms. The van der Waals surface area contributed by atoms with Gasteiger partial charge in [-0.15, -0.1) is 0 Å². The Kier molecular flexibility index (Phi) is 4.49. The van der Waals surface area contributed by atoms with Crippen molar-refractivity contribution in [2.24, 2.45) is 0 Å². The normalized spacial score (nSPS) is 11.8. The standard InChI is InChI=1S/C14H15N3O3/c18-10-15-13(6-14(19)20)12-7-16-17(9-12)8-11-4-2-1-3-5-11/h1-5,7,9-10,13H,6,8H2,(H,15,18)(H,19,20). The molecule has 104 valence electrons. The number of aromatic nitrogens is 2. The Morgan fingerprint density at radius 2 is 2.15 bits per heavy atom. The van der Waals surface area contributed by atoms with Gasteiger partial charge < -0.3 is 10.4 Å². The summed E-state index contributed by atoms with van der Waals surface area (Å²) in [7, 11) is 0. The lowest BCUT2D eigenvalue weighted by Crippen LogP contribution is -2.22. The van der Waals surface area contributed by atoms with Gasteiger partial charge in [-0.25, -0.2) is 0 Å². The van der Waals surface area contributed by atoms with E-state index in [4.69, 9.17) is 5.11 Å². The van der Waals surface area contributed by atoms with E-state index in [-0.39, 0.29) is 6.42 Å². The third-order valence-corrected chi connectivity index (χ3v) is 2.89. The topological polar surface area (TPSA) is 84.2 Å². The van der Waals surface area contributed by atoms with Crippen LogP contribution in [0.2, 0.25) is 0 Å². The number of hydrogen-bond acceptors (Lipinski definition) is 3. The van der Waals surface area contributed by atoms with Gasteiger partial charge in [0.05, 0.1) is 25.2 Å². The van der Waals surface area contributed by atoms with Gasteiger partial charge in [-0.3, -0.25) is 14.3 Å². The van der Waals surface area contributed by atoms with E-state index in [0.717, 1.165) is 5.56 Å². The highest BCUT2D eigenvalue weighted by Crippen LogP contribution is 2.16. The lowest BCUT2D eigenvalue weighted by molar-refractivity contribution is -0.137. The fraction of sp³-hybridized carbons (Fsp3) is 0.214. The number of aliphatic carboxylic acids is 1. The average Bonchev–Trinajstić information content (AvgIpc) is 2.87. The molecular formula is C14H15N3O3. The molecule has 0 aliphatic heterocycles. The molecule has 0 aliphatic rings. The van der Waals surface area contributed by atoms with Crippen molar-refractivity contribution >= 4 is 12.4 Å². The highest BCUT2D eigenvalue weighted by molar-refractivity contribution is 5.68. The molecule has 1 unspecified atom stereocenters. The zero-order chi connectivity index (χ0) is 14.4. The first-order valence-electron chi connectivity index (χ1n) is 6.17. The molecule has 2 aromatic rings. The van der Waals surface area contributed by atoms with Crippen LogP contribution in [0.3, 0.4) is 0 Å². The minimum atomic E-state index is -0.972. The third kappa shape index (κ3) is 3.68. The molecule has 1 aromatic carbocycles. The van der Waals surface area contributed by atoms with Crippen LogP contribution in [0.15, 0.2) is 42.7 Å². The third-order valence-electron chi connectivity index (χ3n) is 2.89. The summed E-state index contributed by atoms with van der Waals surface area (Å²) in [5.74, 6) is -0.972. The van der Waals surface area contributed by atoms with Gasteiger partial charge in [-0.05, 0) is 5.56 Å². The number of hydrogen-bond donors (Lipinski definition) is 2. The largest absolute Gasteiger partial charge is 0.481 e. The van der Waals surface area contributed by atoms with Gasteiger partial charge in [0, 0.05) is 11.8 Å². The second-order valence-electron chi connectivity index (χ2n) is 4.39. The number of carboxylic acids is 1. The van der Waals surface area contributed by atoms with Gasteiger partial charge in [0.1, 0.15) is 0 Å². The van der Waals surface area contributed by atoms with E-state index >= 15 is 0 Å². The predicted molar refractivity (Wildman–Crippen MR) is 72.0 cm³/mol. The number of nitrogens with one attached hydrogen (secondary N) is 1. The number of rotatable bonds is 7. The first kappa shape index (κ1) is 13.8.